The van der Waals surface area contributed by atoms with Crippen molar-refractivity contribution in [3.8, 4) is 0 Å². The van der Waals surface area contributed by atoms with Crippen LogP contribution in [0.25, 0.3) is 0 Å². The lowest BCUT2D eigenvalue weighted by Crippen LogP contribution is -2.66. The molecule has 0 bridgehead atoms. The van der Waals surface area contributed by atoms with Gasteiger partial charge in [0.25, 0.3) is 6.47 Å². The van der Waals surface area contributed by atoms with Gasteiger partial charge in [-0.15, -0.1) is 0 Å². The average Bonchev–Trinajstić information content (AvgIpc) is 2.81. The van der Waals surface area contributed by atoms with Gasteiger partial charge in [0.05, 0.1) is 36.5 Å². The Hall–Kier alpha value is -1.06. The lowest BCUT2D eigenvalue weighted by molar-refractivity contribution is -0.379. The van der Waals surface area contributed by atoms with Crippen molar-refractivity contribution in [2.45, 2.75) is 113 Å². The Bertz CT molecular complexity index is 866. The summed E-state index contributed by atoms with van der Waals surface area (Å²) >= 11 is 0. The fourth-order valence-corrected chi connectivity index (χ4v) is 5.12. The van der Waals surface area contributed by atoms with Gasteiger partial charge in [-0.05, 0) is 27.2 Å². The molecule has 7 N–H and O–H groups in total. The molecular formula is C20H36N2O14S. The van der Waals surface area contributed by atoms with Crippen molar-refractivity contribution in [3.05, 3.63) is 0 Å². The topological polar surface area (TPSA) is 238 Å². The number of rotatable bonds is 9. The molecule has 0 aromatic carbocycles. The third-order valence-corrected chi connectivity index (χ3v) is 7.14. The smallest absolute Gasteiger partial charge is 0.397 e. The zero-order valence-corrected chi connectivity index (χ0v) is 21.6. The molecule has 14 atom stereocenters. The highest BCUT2D eigenvalue weighted by Gasteiger charge is 2.54. The van der Waals surface area contributed by atoms with E-state index in [1.807, 2.05) is 0 Å². The number of carbonyl (C=O) groups is 1. The molecule has 3 rings (SSSR count). The average molecular weight is 561 g/mol. The number of ether oxygens (including phenoxy) is 7. The van der Waals surface area contributed by atoms with Crippen LogP contribution < -0.4 is 11.5 Å². The molecule has 3 heterocycles. The predicted octanol–water partition coefficient (Wildman–Crippen LogP) is -2.87. The Morgan fingerprint density at radius 1 is 0.865 bits per heavy atom. The first-order valence-corrected chi connectivity index (χ1v) is 13.1. The van der Waals surface area contributed by atoms with E-state index in [2.05, 4.69) is 4.18 Å². The molecular weight excluding hydrogens is 524 g/mol. The normalized spacial score (nSPS) is 47.4. The molecule has 6 unspecified atom stereocenters. The Morgan fingerprint density at radius 3 is 2.11 bits per heavy atom. The minimum Gasteiger partial charge on any atom is -0.435 e. The molecule has 3 aliphatic heterocycles. The third-order valence-electron chi connectivity index (χ3n) is 6.68. The van der Waals surface area contributed by atoms with E-state index in [9.17, 15) is 28.0 Å². The largest absolute Gasteiger partial charge is 0.435 e. The molecule has 0 aromatic heterocycles. The number of carbonyl (C=O) groups excluding carboxylic acids is 1. The Labute approximate surface area is 214 Å². The first-order valence-electron chi connectivity index (χ1n) is 11.7. The summed E-state index contributed by atoms with van der Waals surface area (Å²) < 4.78 is 75.9. The lowest BCUT2D eigenvalue weighted by atomic mass is 9.94. The molecule has 0 amide bonds. The van der Waals surface area contributed by atoms with Crippen molar-refractivity contribution in [3.63, 3.8) is 0 Å². The Kier molecular flexibility index (Phi) is 10.2. The van der Waals surface area contributed by atoms with Gasteiger partial charge in [0, 0.05) is 7.11 Å². The van der Waals surface area contributed by atoms with E-state index in [4.69, 9.17) is 44.6 Å². The summed E-state index contributed by atoms with van der Waals surface area (Å²) in [7, 11) is -3.68. The summed E-state index contributed by atoms with van der Waals surface area (Å²) in [4.78, 5) is 11.2. The molecule has 16 nitrogen and oxygen atoms in total. The molecule has 17 heteroatoms. The van der Waals surface area contributed by atoms with Crippen LogP contribution >= 0.6 is 0 Å². The van der Waals surface area contributed by atoms with Gasteiger partial charge in [-0.2, -0.15) is 8.42 Å². The fourth-order valence-electron chi connectivity index (χ4n) is 4.63. The number of aliphatic hydroxyl groups is 2. The van der Waals surface area contributed by atoms with Gasteiger partial charge in [0.15, 0.2) is 24.8 Å². The Balaban J connectivity index is 1.85. The zero-order chi connectivity index (χ0) is 27.7. The third kappa shape index (κ3) is 7.13. The highest BCUT2D eigenvalue weighted by atomic mass is 32.3. The molecule has 216 valence electrons. The van der Waals surface area contributed by atoms with E-state index >= 15 is 0 Å². The second-order valence-electron chi connectivity index (χ2n) is 9.28. The van der Waals surface area contributed by atoms with Crippen molar-refractivity contribution < 1.29 is 65.3 Å². The van der Waals surface area contributed by atoms with Gasteiger partial charge in [-0.3, -0.25) is 9.35 Å². The Morgan fingerprint density at radius 2 is 1.51 bits per heavy atom. The van der Waals surface area contributed by atoms with Crippen LogP contribution in [0.4, 0.5) is 0 Å². The fraction of sp³-hybridized carbons (Fsp3) is 0.950. The maximum Gasteiger partial charge on any atom is 0.397 e. The van der Waals surface area contributed by atoms with Crippen molar-refractivity contribution in [2.24, 2.45) is 11.5 Å². The van der Waals surface area contributed by atoms with E-state index in [0.717, 1.165) is 0 Å². The summed E-state index contributed by atoms with van der Waals surface area (Å²) in [6.07, 6.45) is -14.4. The van der Waals surface area contributed by atoms with Gasteiger partial charge in [0.1, 0.15) is 18.3 Å². The quantitative estimate of drug-likeness (QED) is 0.141. The molecule has 0 aromatic rings. The first-order chi connectivity index (χ1) is 17.3. The second kappa shape index (κ2) is 12.4. The standard InChI is InChI=1S/C20H36N2O14S/c1-7-11(29-4)5-10(21)18(32-7)34-16-14(25)17(36-37(26,27)28)20(35-19(16)30-6-23)33-15-9(3)31-8(2)12(22)13(15)24/h6-20,24-25H,5,21-22H2,1-4H3,(H,26,27,28)/t7?,8-,9?,10?,11+,12?,13-,14+,15-,16+,17?,18-,19?,20-/m1/s1. The molecule has 0 aliphatic carbocycles. The van der Waals surface area contributed by atoms with Crippen LogP contribution in [0.2, 0.25) is 0 Å². The van der Waals surface area contributed by atoms with E-state index in [1.165, 1.54) is 7.11 Å². The van der Waals surface area contributed by atoms with Gasteiger partial charge in [-0.1, -0.05) is 0 Å². The van der Waals surface area contributed by atoms with E-state index in [1.54, 1.807) is 20.8 Å². The molecule has 0 radical (unpaired) electrons. The van der Waals surface area contributed by atoms with Gasteiger partial charge in [-0.25, -0.2) is 4.18 Å². The van der Waals surface area contributed by atoms with Gasteiger partial charge in [0.2, 0.25) is 6.29 Å². The number of nitrogens with two attached hydrogens (primary N) is 2. The molecule has 37 heavy (non-hydrogen) atoms. The van der Waals surface area contributed by atoms with Crippen molar-refractivity contribution in [1.29, 1.82) is 0 Å². The summed E-state index contributed by atoms with van der Waals surface area (Å²) in [5, 5.41) is 21.7. The minimum absolute atomic E-state index is 0.0127. The second-order valence-corrected chi connectivity index (χ2v) is 10.3. The van der Waals surface area contributed by atoms with Crippen molar-refractivity contribution in [1.82, 2.24) is 0 Å². The van der Waals surface area contributed by atoms with E-state index in [-0.39, 0.29) is 12.6 Å². The van der Waals surface area contributed by atoms with Gasteiger partial charge < -0.3 is 54.8 Å². The van der Waals surface area contributed by atoms with Crippen LogP contribution in [0.3, 0.4) is 0 Å². The van der Waals surface area contributed by atoms with Crippen LogP contribution in [0.5, 0.6) is 0 Å². The highest BCUT2D eigenvalue weighted by Crippen LogP contribution is 2.33. The number of aliphatic hydroxyl groups excluding tert-OH is 2. The lowest BCUT2D eigenvalue weighted by Gasteiger charge is -2.47. The SMILES string of the molecule is CO[C@H]1CC(N)[C@@H](O[C@@H]2C(OC=O)O[C@@H](O[C@@H]3C(C)O[C@H](C)C(N)[C@H]3O)C(OS(=O)(=O)O)[C@H]2O)OC1C. The van der Waals surface area contributed by atoms with Crippen LogP contribution in [-0.2, 0) is 52.5 Å². The summed E-state index contributed by atoms with van der Waals surface area (Å²) in [5.41, 5.74) is 12.1. The molecule has 3 saturated heterocycles. The maximum absolute atomic E-state index is 11.6. The molecule has 3 aliphatic rings. The minimum atomic E-state index is -5.17. The van der Waals surface area contributed by atoms with E-state index in [0.29, 0.717) is 6.42 Å². The number of hydrogen-bond donors (Lipinski definition) is 5. The van der Waals surface area contributed by atoms with Crippen molar-refractivity contribution >= 4 is 16.9 Å². The molecule has 0 saturated carbocycles. The molecule has 0 spiro atoms. The maximum atomic E-state index is 11.6. The predicted molar refractivity (Wildman–Crippen MR) is 120 cm³/mol. The van der Waals surface area contributed by atoms with Crippen molar-refractivity contribution in [2.75, 3.05) is 7.11 Å². The zero-order valence-electron chi connectivity index (χ0n) is 20.8. The monoisotopic (exact) mass is 560 g/mol. The van der Waals surface area contributed by atoms with E-state index < -0.39 is 90.2 Å². The van der Waals surface area contributed by atoms with Crippen LogP contribution in [0, 0.1) is 0 Å². The number of hydrogen-bond acceptors (Lipinski definition) is 15. The molecule has 3 fully saturated rings. The first kappa shape index (κ1) is 30.5. The van der Waals surface area contributed by atoms with Crippen LogP contribution in [-0.4, -0.2) is 123 Å². The highest BCUT2D eigenvalue weighted by molar-refractivity contribution is 7.80. The summed E-state index contributed by atoms with van der Waals surface area (Å²) in [6.45, 7) is 4.94. The summed E-state index contributed by atoms with van der Waals surface area (Å²) in [6, 6.07) is -1.63. The summed E-state index contributed by atoms with van der Waals surface area (Å²) in [5.74, 6) is 0. The van der Waals surface area contributed by atoms with Gasteiger partial charge >= 0.3 is 10.4 Å². The van der Waals surface area contributed by atoms with Crippen LogP contribution in [0.15, 0.2) is 0 Å². The van der Waals surface area contributed by atoms with Crippen LogP contribution in [0.1, 0.15) is 27.2 Å². The number of methoxy groups -OCH3 is 1.